The first kappa shape index (κ1) is 13.4. The van der Waals surface area contributed by atoms with Crippen molar-refractivity contribution in [1.82, 2.24) is 4.90 Å². The van der Waals surface area contributed by atoms with E-state index in [-0.39, 0.29) is 13.1 Å². The molecule has 0 spiro atoms. The Kier molecular flexibility index (Phi) is 3.92. The number of rotatable bonds is 3. The Morgan fingerprint density at radius 3 is 2.33 bits per heavy atom. The van der Waals surface area contributed by atoms with Gasteiger partial charge < -0.3 is 5.73 Å². The predicted molar refractivity (Wildman–Crippen MR) is 63.8 cm³/mol. The van der Waals surface area contributed by atoms with E-state index < -0.39 is 18.0 Å². The molecule has 18 heavy (non-hydrogen) atoms. The van der Waals surface area contributed by atoms with Crippen molar-refractivity contribution in [2.45, 2.75) is 12.7 Å². The lowest BCUT2D eigenvalue weighted by atomic mass is 9.96. The van der Waals surface area contributed by atoms with E-state index in [0.29, 0.717) is 13.1 Å². The number of nitrogens with two attached hydrogens (primary N) is 1. The van der Waals surface area contributed by atoms with E-state index in [4.69, 9.17) is 5.73 Å². The Morgan fingerprint density at radius 1 is 1.17 bits per heavy atom. The minimum Gasteiger partial charge on any atom is -0.330 e. The zero-order valence-corrected chi connectivity index (χ0v) is 10.0. The fourth-order valence-electron chi connectivity index (χ4n) is 2.54. The lowest BCUT2D eigenvalue weighted by Gasteiger charge is -2.19. The fourth-order valence-corrected chi connectivity index (χ4v) is 2.54. The van der Waals surface area contributed by atoms with Crippen molar-refractivity contribution in [3.05, 3.63) is 35.9 Å². The summed E-state index contributed by atoms with van der Waals surface area (Å²) in [6, 6.07) is 9.55. The molecule has 1 saturated heterocycles. The maximum Gasteiger partial charge on any atom is 0.393 e. The maximum absolute atomic E-state index is 12.8. The van der Waals surface area contributed by atoms with Gasteiger partial charge in [0.15, 0.2) is 0 Å². The average molecular weight is 258 g/mol. The largest absolute Gasteiger partial charge is 0.393 e. The van der Waals surface area contributed by atoms with Crippen LogP contribution in [0.1, 0.15) is 5.56 Å². The normalized spacial score (nSPS) is 25.6. The topological polar surface area (TPSA) is 29.3 Å². The van der Waals surface area contributed by atoms with Gasteiger partial charge in [0, 0.05) is 19.6 Å². The van der Waals surface area contributed by atoms with Crippen LogP contribution in [0.5, 0.6) is 0 Å². The molecule has 100 valence electrons. The fraction of sp³-hybridized carbons (Fsp3) is 0.538. The Hall–Kier alpha value is -1.07. The molecule has 0 bridgehead atoms. The summed E-state index contributed by atoms with van der Waals surface area (Å²) in [7, 11) is 0. The first-order chi connectivity index (χ1) is 8.50. The van der Waals surface area contributed by atoms with Gasteiger partial charge in [-0.1, -0.05) is 30.3 Å². The summed E-state index contributed by atoms with van der Waals surface area (Å²) in [4.78, 5) is 1.84. The van der Waals surface area contributed by atoms with Crippen LogP contribution in [-0.4, -0.2) is 30.7 Å². The molecule has 1 aromatic carbocycles. The van der Waals surface area contributed by atoms with Crippen LogP contribution >= 0.6 is 0 Å². The molecule has 0 aliphatic carbocycles. The van der Waals surface area contributed by atoms with E-state index in [1.54, 1.807) is 0 Å². The van der Waals surface area contributed by atoms with E-state index in [1.807, 2.05) is 35.2 Å². The molecule has 2 rings (SSSR count). The minimum atomic E-state index is -4.14. The molecule has 1 aliphatic rings. The van der Waals surface area contributed by atoms with Crippen molar-refractivity contribution in [1.29, 1.82) is 0 Å². The van der Waals surface area contributed by atoms with E-state index in [0.717, 1.165) is 5.56 Å². The van der Waals surface area contributed by atoms with Gasteiger partial charge in [-0.3, -0.25) is 4.90 Å². The van der Waals surface area contributed by atoms with Crippen LogP contribution in [0.15, 0.2) is 30.3 Å². The van der Waals surface area contributed by atoms with Gasteiger partial charge in [-0.15, -0.1) is 0 Å². The van der Waals surface area contributed by atoms with Gasteiger partial charge in [0.05, 0.1) is 5.92 Å². The molecule has 2 unspecified atom stereocenters. The summed E-state index contributed by atoms with van der Waals surface area (Å²) in [5.41, 5.74) is 6.49. The molecule has 1 heterocycles. The molecule has 0 aromatic heterocycles. The van der Waals surface area contributed by atoms with E-state index in [2.05, 4.69) is 0 Å². The van der Waals surface area contributed by atoms with Crippen molar-refractivity contribution >= 4 is 0 Å². The molecular formula is C13H17F3N2. The maximum atomic E-state index is 12.8. The number of benzene rings is 1. The molecule has 2 nitrogen and oxygen atoms in total. The van der Waals surface area contributed by atoms with E-state index >= 15 is 0 Å². The van der Waals surface area contributed by atoms with Crippen LogP contribution in [0.25, 0.3) is 0 Å². The van der Waals surface area contributed by atoms with Crippen molar-refractivity contribution in [2.24, 2.45) is 17.6 Å². The third kappa shape index (κ3) is 3.03. The second-order valence-electron chi connectivity index (χ2n) is 4.82. The third-order valence-electron chi connectivity index (χ3n) is 3.49. The van der Waals surface area contributed by atoms with Gasteiger partial charge in [-0.2, -0.15) is 13.2 Å². The Morgan fingerprint density at radius 2 is 1.83 bits per heavy atom. The lowest BCUT2D eigenvalue weighted by Crippen LogP contribution is -2.33. The third-order valence-corrected chi connectivity index (χ3v) is 3.49. The SMILES string of the molecule is NCC1CN(Cc2ccccc2)CC1C(F)(F)F. The summed E-state index contributed by atoms with van der Waals surface area (Å²) in [6.07, 6.45) is -4.14. The summed E-state index contributed by atoms with van der Waals surface area (Å²) in [5, 5.41) is 0. The van der Waals surface area contributed by atoms with E-state index in [9.17, 15) is 13.2 Å². The van der Waals surface area contributed by atoms with Crippen LogP contribution in [0.4, 0.5) is 13.2 Å². The van der Waals surface area contributed by atoms with Crippen LogP contribution in [0.2, 0.25) is 0 Å². The van der Waals surface area contributed by atoms with Crippen molar-refractivity contribution in [3.8, 4) is 0 Å². The van der Waals surface area contributed by atoms with Crippen LogP contribution in [-0.2, 0) is 6.54 Å². The Labute approximate surface area is 105 Å². The standard InChI is InChI=1S/C13H17F3N2/c14-13(15,16)12-9-18(8-11(12)6-17)7-10-4-2-1-3-5-10/h1-5,11-12H,6-9,17H2. The molecule has 0 amide bonds. The zero-order chi connectivity index (χ0) is 13.2. The number of halogens is 3. The molecule has 1 fully saturated rings. The minimum absolute atomic E-state index is 0.0558. The number of hydrogen-bond acceptors (Lipinski definition) is 2. The molecule has 1 aromatic rings. The van der Waals surface area contributed by atoms with Crippen molar-refractivity contribution < 1.29 is 13.2 Å². The van der Waals surface area contributed by atoms with Gasteiger partial charge in [-0.05, 0) is 18.0 Å². The number of hydrogen-bond donors (Lipinski definition) is 1. The van der Waals surface area contributed by atoms with Crippen LogP contribution < -0.4 is 5.73 Å². The number of alkyl halides is 3. The van der Waals surface area contributed by atoms with Crippen LogP contribution in [0, 0.1) is 11.8 Å². The first-order valence-corrected chi connectivity index (χ1v) is 6.03. The number of nitrogens with zero attached hydrogens (tertiary/aromatic N) is 1. The first-order valence-electron chi connectivity index (χ1n) is 6.03. The number of likely N-dealkylation sites (tertiary alicyclic amines) is 1. The highest BCUT2D eigenvalue weighted by atomic mass is 19.4. The molecular weight excluding hydrogens is 241 g/mol. The highest BCUT2D eigenvalue weighted by molar-refractivity contribution is 5.14. The Bertz CT molecular complexity index is 378. The van der Waals surface area contributed by atoms with Gasteiger partial charge >= 0.3 is 6.18 Å². The second kappa shape index (κ2) is 5.28. The highest BCUT2D eigenvalue weighted by Crippen LogP contribution is 2.37. The Balaban J connectivity index is 2.01. The summed E-state index contributed by atoms with van der Waals surface area (Å²) >= 11 is 0. The molecule has 0 saturated carbocycles. The monoisotopic (exact) mass is 258 g/mol. The van der Waals surface area contributed by atoms with Crippen LogP contribution in [0.3, 0.4) is 0 Å². The molecule has 5 heteroatoms. The molecule has 0 radical (unpaired) electrons. The average Bonchev–Trinajstić information content (AvgIpc) is 2.73. The van der Waals surface area contributed by atoms with E-state index in [1.165, 1.54) is 0 Å². The molecule has 1 aliphatic heterocycles. The summed E-state index contributed by atoms with van der Waals surface area (Å²) in [5.74, 6) is -1.76. The highest BCUT2D eigenvalue weighted by Gasteiger charge is 2.48. The predicted octanol–water partition coefficient (Wildman–Crippen LogP) is 2.26. The molecule has 2 atom stereocenters. The van der Waals surface area contributed by atoms with Crippen molar-refractivity contribution in [2.75, 3.05) is 19.6 Å². The summed E-state index contributed by atoms with van der Waals surface area (Å²) in [6.45, 7) is 1.13. The summed E-state index contributed by atoms with van der Waals surface area (Å²) < 4.78 is 38.5. The zero-order valence-electron chi connectivity index (χ0n) is 10.0. The van der Waals surface area contributed by atoms with Gasteiger partial charge in [0.2, 0.25) is 0 Å². The van der Waals surface area contributed by atoms with Gasteiger partial charge in [0.25, 0.3) is 0 Å². The quantitative estimate of drug-likeness (QED) is 0.901. The van der Waals surface area contributed by atoms with Crippen molar-refractivity contribution in [3.63, 3.8) is 0 Å². The molecule has 2 N–H and O–H groups in total. The second-order valence-corrected chi connectivity index (χ2v) is 4.82. The lowest BCUT2D eigenvalue weighted by molar-refractivity contribution is -0.179. The van der Waals surface area contributed by atoms with Gasteiger partial charge in [-0.25, -0.2) is 0 Å². The van der Waals surface area contributed by atoms with Gasteiger partial charge in [0.1, 0.15) is 0 Å². The smallest absolute Gasteiger partial charge is 0.330 e.